The molecule has 4 N–H and O–H groups in total. The second-order valence-corrected chi connectivity index (χ2v) is 8.21. The Labute approximate surface area is 194 Å². The van der Waals surface area contributed by atoms with Gasteiger partial charge in [0.25, 0.3) is 5.92 Å². The van der Waals surface area contributed by atoms with Gasteiger partial charge in [0, 0.05) is 38.8 Å². The molecule has 3 amide bonds. The Morgan fingerprint density at radius 2 is 2.03 bits per heavy atom. The first-order valence-corrected chi connectivity index (χ1v) is 11.0. The van der Waals surface area contributed by atoms with Crippen LogP contribution in [0.5, 0.6) is 0 Å². The Balaban J connectivity index is 1.40. The van der Waals surface area contributed by atoms with Crippen molar-refractivity contribution in [1.29, 1.82) is 0 Å². The number of carbonyl (C=O) groups excluding carboxylic acids is 2. The summed E-state index contributed by atoms with van der Waals surface area (Å²) >= 11 is 0. The summed E-state index contributed by atoms with van der Waals surface area (Å²) in [6.07, 6.45) is 3.04. The number of nitrogens with one attached hydrogen (secondary N) is 4. The number of ether oxygens (including phenoxy) is 1. The molecule has 34 heavy (non-hydrogen) atoms. The molecule has 2 aliphatic rings. The van der Waals surface area contributed by atoms with Crippen molar-refractivity contribution in [2.24, 2.45) is 0 Å². The van der Waals surface area contributed by atoms with Gasteiger partial charge < -0.3 is 19.9 Å². The molecule has 184 valence electrons. The zero-order valence-corrected chi connectivity index (χ0v) is 18.6. The van der Waals surface area contributed by atoms with Gasteiger partial charge in [-0.1, -0.05) is 0 Å². The number of aromatic amines is 1. The van der Waals surface area contributed by atoms with Crippen molar-refractivity contribution in [3.05, 3.63) is 24.5 Å². The van der Waals surface area contributed by atoms with Gasteiger partial charge in [0.1, 0.15) is 23.8 Å². The van der Waals surface area contributed by atoms with E-state index in [4.69, 9.17) is 4.74 Å². The van der Waals surface area contributed by atoms with Crippen LogP contribution in [-0.2, 0) is 4.74 Å². The van der Waals surface area contributed by atoms with Crippen LogP contribution in [0.25, 0.3) is 0 Å². The monoisotopic (exact) mass is 479 g/mol. The SMILES string of the molecule is CN(C(=O)Nc1ccn[nH]1)C1CN(c2nccc(NC(=O)OC3CCNCC3)n2)CCC1(F)F. The van der Waals surface area contributed by atoms with Crippen molar-refractivity contribution in [1.82, 2.24) is 30.4 Å². The lowest BCUT2D eigenvalue weighted by molar-refractivity contribution is -0.0760. The van der Waals surface area contributed by atoms with Gasteiger partial charge in [-0.3, -0.25) is 15.7 Å². The fraction of sp³-hybridized carbons (Fsp3) is 0.550. The van der Waals surface area contributed by atoms with Gasteiger partial charge in [-0.05, 0) is 32.0 Å². The summed E-state index contributed by atoms with van der Waals surface area (Å²) in [7, 11) is 1.31. The molecule has 0 saturated carbocycles. The maximum absolute atomic E-state index is 14.7. The molecule has 0 spiro atoms. The molecular weight excluding hydrogens is 452 g/mol. The minimum atomic E-state index is -3.11. The highest BCUT2D eigenvalue weighted by Gasteiger charge is 2.48. The highest BCUT2D eigenvalue weighted by atomic mass is 19.3. The Morgan fingerprint density at radius 3 is 2.76 bits per heavy atom. The number of piperidine rings is 2. The van der Waals surface area contributed by atoms with E-state index in [2.05, 4.69) is 36.1 Å². The van der Waals surface area contributed by atoms with Crippen LogP contribution < -0.4 is 20.9 Å². The van der Waals surface area contributed by atoms with E-state index in [1.165, 1.54) is 31.6 Å². The van der Waals surface area contributed by atoms with Gasteiger partial charge >= 0.3 is 12.1 Å². The highest BCUT2D eigenvalue weighted by molar-refractivity contribution is 5.88. The Hall–Kier alpha value is -3.55. The molecule has 0 bridgehead atoms. The van der Waals surface area contributed by atoms with Gasteiger partial charge in [0.05, 0.1) is 6.20 Å². The molecule has 1 atom stereocenters. The first kappa shape index (κ1) is 23.6. The number of halogens is 2. The fourth-order valence-electron chi connectivity index (χ4n) is 3.91. The van der Waals surface area contributed by atoms with E-state index in [0.29, 0.717) is 5.82 Å². The minimum absolute atomic E-state index is 0.0114. The topological polar surface area (TPSA) is 140 Å². The number of aromatic nitrogens is 4. The van der Waals surface area contributed by atoms with Gasteiger partial charge in [0.15, 0.2) is 0 Å². The quantitative estimate of drug-likeness (QED) is 0.510. The van der Waals surface area contributed by atoms with Crippen molar-refractivity contribution in [3.63, 3.8) is 0 Å². The van der Waals surface area contributed by atoms with E-state index in [9.17, 15) is 18.4 Å². The molecule has 2 fully saturated rings. The molecule has 0 aliphatic carbocycles. The number of hydrogen-bond donors (Lipinski definition) is 4. The van der Waals surface area contributed by atoms with Crippen molar-refractivity contribution < 1.29 is 23.1 Å². The number of amides is 3. The average Bonchev–Trinajstić information content (AvgIpc) is 3.32. The maximum Gasteiger partial charge on any atom is 0.413 e. The first-order valence-electron chi connectivity index (χ1n) is 11.0. The highest BCUT2D eigenvalue weighted by Crippen LogP contribution is 2.33. The van der Waals surface area contributed by atoms with Crippen LogP contribution in [0.1, 0.15) is 19.3 Å². The lowest BCUT2D eigenvalue weighted by Gasteiger charge is -2.42. The zero-order chi connectivity index (χ0) is 24.1. The zero-order valence-electron chi connectivity index (χ0n) is 18.6. The fourth-order valence-corrected chi connectivity index (χ4v) is 3.91. The van der Waals surface area contributed by atoms with Gasteiger partial charge in [0.2, 0.25) is 5.95 Å². The molecule has 0 aromatic carbocycles. The molecule has 12 nitrogen and oxygen atoms in total. The normalized spacial score (nSPS) is 20.4. The van der Waals surface area contributed by atoms with Crippen molar-refractivity contribution in [2.45, 2.75) is 37.3 Å². The number of anilines is 3. The number of urea groups is 1. The van der Waals surface area contributed by atoms with Crippen molar-refractivity contribution in [3.8, 4) is 0 Å². The maximum atomic E-state index is 14.7. The van der Waals surface area contributed by atoms with Crippen molar-refractivity contribution >= 4 is 29.7 Å². The van der Waals surface area contributed by atoms with E-state index < -0.39 is 30.5 Å². The van der Waals surface area contributed by atoms with E-state index in [1.54, 1.807) is 4.90 Å². The molecule has 4 heterocycles. The summed E-state index contributed by atoms with van der Waals surface area (Å²) in [5, 5.41) is 14.5. The average molecular weight is 479 g/mol. The Morgan fingerprint density at radius 1 is 1.24 bits per heavy atom. The first-order chi connectivity index (χ1) is 16.3. The van der Waals surface area contributed by atoms with Gasteiger partial charge in [-0.25, -0.2) is 23.4 Å². The third kappa shape index (κ3) is 5.68. The molecule has 4 rings (SSSR count). The summed E-state index contributed by atoms with van der Waals surface area (Å²) < 4.78 is 34.9. The molecule has 2 aromatic heterocycles. The molecule has 2 saturated heterocycles. The lowest BCUT2D eigenvalue weighted by atomic mass is 10.00. The smallest absolute Gasteiger partial charge is 0.413 e. The summed E-state index contributed by atoms with van der Waals surface area (Å²) in [5.74, 6) is -2.44. The predicted molar refractivity (Wildman–Crippen MR) is 119 cm³/mol. The third-order valence-corrected chi connectivity index (χ3v) is 5.84. The number of carbonyl (C=O) groups is 2. The van der Waals surface area contributed by atoms with E-state index >= 15 is 0 Å². The lowest BCUT2D eigenvalue weighted by Crippen LogP contribution is -2.60. The van der Waals surface area contributed by atoms with E-state index in [1.807, 2.05) is 0 Å². The summed E-state index contributed by atoms with van der Waals surface area (Å²) in [5.41, 5.74) is 0. The van der Waals surface area contributed by atoms with Crippen LogP contribution in [0.4, 0.5) is 36.0 Å². The van der Waals surface area contributed by atoms with Crippen LogP contribution in [0.3, 0.4) is 0 Å². The van der Waals surface area contributed by atoms with Crippen molar-refractivity contribution in [2.75, 3.05) is 48.8 Å². The molecule has 2 aliphatic heterocycles. The number of rotatable bonds is 5. The van der Waals surface area contributed by atoms with E-state index in [-0.39, 0.29) is 31.0 Å². The van der Waals surface area contributed by atoms with Crippen LogP contribution >= 0.6 is 0 Å². The standard InChI is InChI=1S/C20H27F2N9O3/c1-30(18(32)27-16-5-10-25-29-16)14-12-31(11-6-20(14,21)22)17-24-9-4-15(26-17)28-19(33)34-13-2-7-23-8-3-13/h4-5,9-10,13-14,23H,2-3,6-8,11-12H2,1H3,(H,24,26,28,33)(H2,25,27,29,32). The minimum Gasteiger partial charge on any atom is -0.446 e. The van der Waals surface area contributed by atoms with Gasteiger partial charge in [-0.15, -0.1) is 0 Å². The summed E-state index contributed by atoms with van der Waals surface area (Å²) in [6, 6.07) is 0.884. The molecule has 1 unspecified atom stereocenters. The second-order valence-electron chi connectivity index (χ2n) is 8.21. The molecule has 0 radical (unpaired) electrons. The molecule has 14 heteroatoms. The number of alkyl halides is 2. The second kappa shape index (κ2) is 10.2. The Kier molecular flexibility index (Phi) is 7.05. The predicted octanol–water partition coefficient (Wildman–Crippen LogP) is 1.88. The summed E-state index contributed by atoms with van der Waals surface area (Å²) in [6.45, 7) is 1.36. The largest absolute Gasteiger partial charge is 0.446 e. The molecule has 2 aromatic rings. The van der Waals surface area contributed by atoms with E-state index in [0.717, 1.165) is 30.8 Å². The van der Waals surface area contributed by atoms with Crippen LogP contribution in [0.2, 0.25) is 0 Å². The van der Waals surface area contributed by atoms with Gasteiger partial charge in [-0.2, -0.15) is 10.1 Å². The number of hydrogen-bond acceptors (Lipinski definition) is 8. The number of likely N-dealkylation sites (N-methyl/N-ethyl adjacent to an activating group) is 1. The summed E-state index contributed by atoms with van der Waals surface area (Å²) in [4.78, 5) is 35.7. The van der Waals surface area contributed by atoms with Crippen LogP contribution in [0, 0.1) is 0 Å². The number of H-pyrrole nitrogens is 1. The Bertz CT molecular complexity index is 985. The van der Waals surface area contributed by atoms with Crippen LogP contribution in [-0.4, -0.2) is 88.5 Å². The van der Waals surface area contributed by atoms with Crippen LogP contribution in [0.15, 0.2) is 24.5 Å². The number of nitrogens with zero attached hydrogens (tertiary/aromatic N) is 5. The molecular formula is C20H27F2N9O3. The third-order valence-electron chi connectivity index (χ3n) is 5.84.